The van der Waals surface area contributed by atoms with Crippen LogP contribution in [0.2, 0.25) is 0 Å². The number of amides is 2. The number of halogens is 1. The molecule has 10 heteroatoms. The molecule has 0 bridgehead atoms. The maximum absolute atomic E-state index is 13.8. The van der Waals surface area contributed by atoms with E-state index < -0.39 is 17.8 Å². The normalized spacial score (nSPS) is 17.1. The van der Waals surface area contributed by atoms with E-state index in [1.54, 1.807) is 28.8 Å². The summed E-state index contributed by atoms with van der Waals surface area (Å²) in [6, 6.07) is 9.06. The standard InChI is InChI=1S/C27H29FN6O3/c1-3-24(36)32-12-5-4-9-20(16-32)34-25-21-14-29-33(15-17(2)35)23(21)11-10-22(25)30-27(34)31-26(37)18-7-6-8-19(28)13-18/h3,6-8,10-11,13-14,17,20,35H,1,4-5,9,12,15-16H2,2H3,(H,30,31,37)/t17-,20-/m1/s1. The van der Waals surface area contributed by atoms with Crippen molar-refractivity contribution in [3.8, 4) is 0 Å². The van der Waals surface area contributed by atoms with E-state index in [4.69, 9.17) is 4.98 Å². The Morgan fingerprint density at radius 2 is 2.14 bits per heavy atom. The highest BCUT2D eigenvalue weighted by Crippen LogP contribution is 2.34. The number of aromatic nitrogens is 4. The number of aliphatic hydroxyl groups excluding tert-OH is 1. The van der Waals surface area contributed by atoms with Gasteiger partial charge in [0.2, 0.25) is 11.9 Å². The first-order valence-corrected chi connectivity index (χ1v) is 12.4. The van der Waals surface area contributed by atoms with E-state index in [0.717, 1.165) is 35.7 Å². The fourth-order valence-corrected chi connectivity index (χ4v) is 5.05. The van der Waals surface area contributed by atoms with Crippen LogP contribution in [0.1, 0.15) is 42.6 Å². The monoisotopic (exact) mass is 504 g/mol. The predicted octanol–water partition coefficient (Wildman–Crippen LogP) is 3.90. The Kier molecular flexibility index (Phi) is 6.75. The summed E-state index contributed by atoms with van der Waals surface area (Å²) in [6.07, 6.45) is 4.99. The summed E-state index contributed by atoms with van der Waals surface area (Å²) in [5, 5.41) is 18.1. The van der Waals surface area contributed by atoms with E-state index in [-0.39, 0.29) is 17.5 Å². The third-order valence-electron chi connectivity index (χ3n) is 6.72. The van der Waals surface area contributed by atoms with Crippen LogP contribution >= 0.6 is 0 Å². The second-order valence-corrected chi connectivity index (χ2v) is 9.45. The van der Waals surface area contributed by atoms with Gasteiger partial charge in [0.25, 0.3) is 5.91 Å². The zero-order chi connectivity index (χ0) is 26.1. The minimum Gasteiger partial charge on any atom is -0.391 e. The molecule has 0 radical (unpaired) electrons. The molecule has 0 spiro atoms. The molecule has 0 unspecified atom stereocenters. The Morgan fingerprint density at radius 3 is 2.89 bits per heavy atom. The highest BCUT2D eigenvalue weighted by Gasteiger charge is 2.28. The second kappa shape index (κ2) is 10.1. The van der Waals surface area contributed by atoms with Gasteiger partial charge in [0, 0.05) is 24.0 Å². The summed E-state index contributed by atoms with van der Waals surface area (Å²) in [5.74, 6) is -0.810. The van der Waals surface area contributed by atoms with Crippen molar-refractivity contribution < 1.29 is 19.1 Å². The number of rotatable bonds is 6. The summed E-state index contributed by atoms with van der Waals surface area (Å²) < 4.78 is 17.5. The number of carbonyl (C=O) groups is 2. The molecule has 1 saturated heterocycles. The highest BCUT2D eigenvalue weighted by atomic mass is 19.1. The van der Waals surface area contributed by atoms with E-state index in [1.807, 2.05) is 16.7 Å². The Labute approximate surface area is 213 Å². The van der Waals surface area contributed by atoms with Crippen molar-refractivity contribution in [2.45, 2.75) is 44.9 Å². The van der Waals surface area contributed by atoms with Crippen LogP contribution in [0.15, 0.2) is 55.3 Å². The molecule has 3 heterocycles. The zero-order valence-corrected chi connectivity index (χ0v) is 20.6. The molecule has 2 aromatic carbocycles. The summed E-state index contributed by atoms with van der Waals surface area (Å²) in [6.45, 7) is 6.73. The number of anilines is 1. The number of aliphatic hydroxyl groups is 1. The lowest BCUT2D eigenvalue weighted by molar-refractivity contribution is -0.126. The maximum Gasteiger partial charge on any atom is 0.258 e. The molecule has 1 aliphatic heterocycles. The van der Waals surface area contributed by atoms with Gasteiger partial charge >= 0.3 is 0 Å². The SMILES string of the molecule is C=CC(=O)N1CCCC[C@@H](n2c(NC(=O)c3cccc(F)c3)nc3ccc4c(cnn4C[C@@H](C)O)c32)C1. The number of hydrogen-bond donors (Lipinski definition) is 2. The van der Waals surface area contributed by atoms with Gasteiger partial charge in [0.1, 0.15) is 5.82 Å². The largest absolute Gasteiger partial charge is 0.391 e. The molecule has 2 N–H and O–H groups in total. The van der Waals surface area contributed by atoms with Crippen LogP contribution in [0, 0.1) is 5.82 Å². The Hall–Kier alpha value is -4.05. The molecule has 9 nitrogen and oxygen atoms in total. The molecule has 192 valence electrons. The quantitative estimate of drug-likeness (QED) is 0.388. The fourth-order valence-electron chi connectivity index (χ4n) is 5.05. The Balaban J connectivity index is 1.66. The average molecular weight is 505 g/mol. The molecular formula is C27H29FN6O3. The predicted molar refractivity (Wildman–Crippen MR) is 139 cm³/mol. The van der Waals surface area contributed by atoms with Crippen LogP contribution in [-0.4, -0.2) is 60.3 Å². The number of carbonyl (C=O) groups excluding carboxylic acids is 2. The number of likely N-dealkylation sites (tertiary alicyclic amines) is 1. The van der Waals surface area contributed by atoms with Crippen molar-refractivity contribution in [3.63, 3.8) is 0 Å². The minimum atomic E-state index is -0.579. The number of nitrogens with one attached hydrogen (secondary N) is 1. The molecule has 0 aliphatic carbocycles. The van der Waals surface area contributed by atoms with Gasteiger partial charge < -0.3 is 14.6 Å². The van der Waals surface area contributed by atoms with Crippen LogP contribution in [0.3, 0.4) is 0 Å². The van der Waals surface area contributed by atoms with Crippen molar-refractivity contribution in [3.05, 3.63) is 66.6 Å². The topological polar surface area (TPSA) is 105 Å². The molecule has 0 saturated carbocycles. The molecule has 4 aromatic rings. The maximum atomic E-state index is 13.8. The van der Waals surface area contributed by atoms with E-state index in [9.17, 15) is 19.1 Å². The van der Waals surface area contributed by atoms with Gasteiger partial charge in [-0.2, -0.15) is 5.10 Å². The van der Waals surface area contributed by atoms with Crippen LogP contribution in [0.4, 0.5) is 10.3 Å². The smallest absolute Gasteiger partial charge is 0.258 e. The molecule has 2 atom stereocenters. The van der Waals surface area contributed by atoms with Crippen LogP contribution in [0.5, 0.6) is 0 Å². The lowest BCUT2D eigenvalue weighted by atomic mass is 10.1. The Morgan fingerprint density at radius 1 is 1.30 bits per heavy atom. The van der Waals surface area contributed by atoms with Crippen molar-refractivity contribution in [2.75, 3.05) is 18.4 Å². The number of nitrogens with zero attached hydrogens (tertiary/aromatic N) is 5. The van der Waals surface area contributed by atoms with Crippen molar-refractivity contribution in [1.29, 1.82) is 0 Å². The van der Waals surface area contributed by atoms with Crippen molar-refractivity contribution in [2.24, 2.45) is 0 Å². The van der Waals surface area contributed by atoms with Gasteiger partial charge in [-0.1, -0.05) is 12.6 Å². The first-order valence-electron chi connectivity index (χ1n) is 12.4. The first kappa shape index (κ1) is 24.6. The van der Waals surface area contributed by atoms with Crippen molar-refractivity contribution >= 4 is 39.7 Å². The molecule has 1 fully saturated rings. The van der Waals surface area contributed by atoms with E-state index in [0.29, 0.717) is 31.1 Å². The lowest BCUT2D eigenvalue weighted by Gasteiger charge is -2.26. The lowest BCUT2D eigenvalue weighted by Crippen LogP contribution is -2.34. The second-order valence-electron chi connectivity index (χ2n) is 9.45. The van der Waals surface area contributed by atoms with E-state index >= 15 is 0 Å². The van der Waals surface area contributed by atoms with Gasteiger partial charge in [0.15, 0.2) is 0 Å². The molecular weight excluding hydrogens is 475 g/mol. The third-order valence-corrected chi connectivity index (χ3v) is 6.72. The molecule has 2 aromatic heterocycles. The van der Waals surface area contributed by atoms with Crippen LogP contribution in [0.25, 0.3) is 21.9 Å². The van der Waals surface area contributed by atoms with Crippen molar-refractivity contribution in [1.82, 2.24) is 24.2 Å². The first-order chi connectivity index (χ1) is 17.9. The van der Waals surface area contributed by atoms with E-state index in [1.165, 1.54) is 24.3 Å². The average Bonchev–Trinajstić information content (AvgIpc) is 3.34. The fraction of sp³-hybridized carbons (Fsp3) is 0.333. The van der Waals surface area contributed by atoms with Gasteiger partial charge in [-0.15, -0.1) is 0 Å². The Bertz CT molecular complexity index is 1490. The number of benzene rings is 2. The van der Waals surface area contributed by atoms with Gasteiger partial charge in [-0.05, 0) is 62.6 Å². The van der Waals surface area contributed by atoms with Gasteiger partial charge in [-0.25, -0.2) is 9.37 Å². The number of fused-ring (bicyclic) bond motifs is 3. The third kappa shape index (κ3) is 4.84. The molecule has 37 heavy (non-hydrogen) atoms. The van der Waals surface area contributed by atoms with Crippen LogP contribution < -0.4 is 5.32 Å². The summed E-state index contributed by atoms with van der Waals surface area (Å²) >= 11 is 0. The summed E-state index contributed by atoms with van der Waals surface area (Å²) in [5.41, 5.74) is 2.44. The highest BCUT2D eigenvalue weighted by molar-refractivity contribution is 6.07. The van der Waals surface area contributed by atoms with Crippen LogP contribution in [-0.2, 0) is 11.3 Å². The van der Waals surface area contributed by atoms with Gasteiger partial charge in [0.05, 0.1) is 41.4 Å². The molecule has 1 aliphatic rings. The molecule has 2 amide bonds. The van der Waals surface area contributed by atoms with Gasteiger partial charge in [-0.3, -0.25) is 19.6 Å². The number of imidazole rings is 1. The number of hydrogen-bond acceptors (Lipinski definition) is 5. The molecule has 5 rings (SSSR count). The minimum absolute atomic E-state index is 0.142. The summed E-state index contributed by atoms with van der Waals surface area (Å²) in [7, 11) is 0. The summed E-state index contributed by atoms with van der Waals surface area (Å²) in [4.78, 5) is 32.2. The zero-order valence-electron chi connectivity index (χ0n) is 20.6. The van der Waals surface area contributed by atoms with E-state index in [2.05, 4.69) is 17.0 Å².